The van der Waals surface area contributed by atoms with E-state index in [9.17, 15) is 5.48 Å². The summed E-state index contributed by atoms with van der Waals surface area (Å²) in [4.78, 5) is 14.6. The molecule has 0 radical (unpaired) electrons. The van der Waals surface area contributed by atoms with Crippen LogP contribution in [0.2, 0.25) is 0 Å². The monoisotopic (exact) mass is 825 g/mol. The van der Waals surface area contributed by atoms with Gasteiger partial charge in [-0.3, -0.25) is 15.0 Å². The largest absolute Gasteiger partial charge is 0.256 e. The molecule has 3 heterocycles. The fourth-order valence-electron chi connectivity index (χ4n) is 9.33. The Hall–Kier alpha value is -6.45. The average Bonchev–Trinajstić information content (AvgIpc) is 3.90. The molecule has 3 aromatic heterocycles. The molecule has 9 rings (SSSR count). The summed E-state index contributed by atoms with van der Waals surface area (Å²) in [6.07, 6.45) is 6.38. The van der Waals surface area contributed by atoms with Crippen LogP contribution in [-0.4, -0.2) is 15.0 Å². The van der Waals surface area contributed by atoms with Gasteiger partial charge in [0.2, 0.25) is 0 Å². The molecule has 314 valence electrons. The van der Waals surface area contributed by atoms with Crippen LogP contribution in [0.4, 0.5) is 0 Å². The van der Waals surface area contributed by atoms with Crippen LogP contribution in [0.25, 0.3) is 44.9 Å². The number of benzene rings is 5. The van der Waals surface area contributed by atoms with E-state index < -0.39 is 12.7 Å². The molecule has 1 fully saturated rings. The van der Waals surface area contributed by atoms with Crippen molar-refractivity contribution >= 4 is 0 Å². The lowest BCUT2D eigenvalue weighted by molar-refractivity contribution is 0.512. The molecule has 0 aliphatic heterocycles. The van der Waals surface area contributed by atoms with Crippen molar-refractivity contribution in [3.05, 3.63) is 221 Å². The lowest BCUT2D eigenvalue weighted by Crippen LogP contribution is -2.23. The fraction of sp³-hybridized carbons (Fsp3) is 0.250. The molecule has 0 bridgehead atoms. The normalized spacial score (nSPS) is 14.7. The maximum atomic E-state index is 10.0. The molecule has 0 amide bonds. The second-order valence-electron chi connectivity index (χ2n) is 18.6. The van der Waals surface area contributed by atoms with Crippen LogP contribution in [0.3, 0.4) is 0 Å². The minimum absolute atomic E-state index is 0.225. The predicted octanol–water partition coefficient (Wildman–Crippen LogP) is 15.0. The Kier molecular flexibility index (Phi) is 10.9. The Labute approximate surface area is 381 Å². The highest BCUT2D eigenvalue weighted by atomic mass is 14.7. The van der Waals surface area contributed by atoms with Crippen molar-refractivity contribution < 1.29 is 5.48 Å². The number of hydrogen-bond acceptors (Lipinski definition) is 3. The van der Waals surface area contributed by atoms with Crippen LogP contribution in [0.5, 0.6) is 0 Å². The molecular formula is C60H59N3. The van der Waals surface area contributed by atoms with E-state index in [0.29, 0.717) is 35.6 Å². The van der Waals surface area contributed by atoms with Crippen LogP contribution in [0.15, 0.2) is 182 Å². The summed E-state index contributed by atoms with van der Waals surface area (Å²) >= 11 is 0. The molecule has 0 saturated heterocycles. The Morgan fingerprint density at radius 3 is 1.44 bits per heavy atom. The summed E-state index contributed by atoms with van der Waals surface area (Å²) in [6.45, 7) is 8.79. The molecule has 1 aliphatic rings. The van der Waals surface area contributed by atoms with Gasteiger partial charge in [-0.1, -0.05) is 186 Å². The van der Waals surface area contributed by atoms with E-state index in [0.717, 1.165) is 68.7 Å². The molecule has 8 aromatic rings. The molecular weight excluding hydrogens is 763 g/mol. The Bertz CT molecular complexity index is 2830. The van der Waals surface area contributed by atoms with Crippen LogP contribution >= 0.6 is 0 Å². The lowest BCUT2D eigenvalue weighted by Gasteiger charge is -2.28. The van der Waals surface area contributed by atoms with Crippen molar-refractivity contribution in [3.63, 3.8) is 0 Å². The molecule has 3 nitrogen and oxygen atoms in total. The maximum absolute atomic E-state index is 10.0. The van der Waals surface area contributed by atoms with Gasteiger partial charge in [-0.15, -0.1) is 0 Å². The molecule has 1 aliphatic carbocycles. The van der Waals surface area contributed by atoms with Gasteiger partial charge in [0.15, 0.2) is 0 Å². The topological polar surface area (TPSA) is 38.7 Å². The Morgan fingerprint density at radius 2 is 0.937 bits per heavy atom. The van der Waals surface area contributed by atoms with Gasteiger partial charge in [0, 0.05) is 40.8 Å². The zero-order chi connectivity index (χ0) is 46.8. The minimum Gasteiger partial charge on any atom is -0.256 e. The van der Waals surface area contributed by atoms with E-state index >= 15 is 0 Å². The molecule has 0 unspecified atom stereocenters. The van der Waals surface area contributed by atoms with Gasteiger partial charge in [-0.05, 0) is 123 Å². The number of aromatic nitrogens is 3. The quantitative estimate of drug-likeness (QED) is 0.110. The molecule has 0 spiro atoms. The van der Waals surface area contributed by atoms with Crippen molar-refractivity contribution in [3.8, 4) is 44.9 Å². The molecule has 1 saturated carbocycles. The van der Waals surface area contributed by atoms with Gasteiger partial charge in [0.25, 0.3) is 0 Å². The number of rotatable bonds is 14. The molecule has 3 heteroatoms. The standard InChI is InChI=1S/C60H59N3/c1-59(2,53-29-31-56(62-41-53)47-19-8-5-9-20-47)38-44-33-43(34-45(35-44)39-60(3,4)54-30-32-57(63-42-54)48-21-10-6-11-22-48)27-28-52-40-61-58(49-23-12-7-13-24-49)37-55(52)51-26-16-25-50(36-51)46-17-14-15-18-46/h5-13,16,19-26,29-37,40-42,46H,14-15,17-18,27-28,38-39H2,1-4H3/i27D2,28D2. The maximum Gasteiger partial charge on any atom is 0.0708 e. The van der Waals surface area contributed by atoms with Gasteiger partial charge in [-0.2, -0.15) is 0 Å². The van der Waals surface area contributed by atoms with Gasteiger partial charge in [-0.25, -0.2) is 0 Å². The summed E-state index contributed by atoms with van der Waals surface area (Å²) in [6, 6.07) is 55.1. The predicted molar refractivity (Wildman–Crippen MR) is 263 cm³/mol. The van der Waals surface area contributed by atoms with E-state index in [1.807, 2.05) is 103 Å². The zero-order valence-corrected chi connectivity index (χ0v) is 37.0. The SMILES string of the molecule is [2H]C([2H])(c1cc(CC(C)(C)c2ccc(-c3ccccc3)nc2)cc(CC(C)(C)c2ccc(-c3ccccc3)nc2)c1)C([2H])([2H])c1cnc(-c2ccccc2)cc1-c1cccc(C2CCCC2)c1. The average molecular weight is 826 g/mol. The first-order valence-corrected chi connectivity index (χ1v) is 22.5. The van der Waals surface area contributed by atoms with Gasteiger partial charge < -0.3 is 0 Å². The van der Waals surface area contributed by atoms with E-state index in [4.69, 9.17) is 15.0 Å². The van der Waals surface area contributed by atoms with E-state index in [1.165, 1.54) is 18.4 Å². The van der Waals surface area contributed by atoms with Crippen molar-refractivity contribution in [2.24, 2.45) is 0 Å². The van der Waals surface area contributed by atoms with E-state index in [-0.39, 0.29) is 16.4 Å². The number of hydrogen-bond donors (Lipinski definition) is 0. The first-order chi connectivity index (χ1) is 32.2. The summed E-state index contributed by atoms with van der Waals surface area (Å²) in [7, 11) is 0. The second-order valence-corrected chi connectivity index (χ2v) is 18.6. The zero-order valence-electron chi connectivity index (χ0n) is 41.0. The Morgan fingerprint density at radius 1 is 0.460 bits per heavy atom. The van der Waals surface area contributed by atoms with Gasteiger partial charge in [0.05, 0.1) is 17.1 Å². The first-order valence-electron chi connectivity index (χ1n) is 24.5. The summed E-state index contributed by atoms with van der Waals surface area (Å²) in [5.41, 5.74) is 12.1. The third kappa shape index (κ3) is 9.95. The minimum atomic E-state index is -2.50. The summed E-state index contributed by atoms with van der Waals surface area (Å²) in [5, 5.41) is 0. The van der Waals surface area contributed by atoms with Crippen molar-refractivity contribution in [2.75, 3.05) is 0 Å². The fourth-order valence-corrected chi connectivity index (χ4v) is 9.33. The van der Waals surface area contributed by atoms with Crippen LogP contribution in [-0.2, 0) is 36.4 Å². The van der Waals surface area contributed by atoms with Crippen LogP contribution in [0.1, 0.15) is 104 Å². The Balaban J connectivity index is 1.12. The highest BCUT2D eigenvalue weighted by molar-refractivity contribution is 5.74. The van der Waals surface area contributed by atoms with E-state index in [2.05, 4.69) is 100 Å². The summed E-state index contributed by atoms with van der Waals surface area (Å²) in [5.74, 6) is 0.465. The van der Waals surface area contributed by atoms with E-state index in [1.54, 1.807) is 6.20 Å². The molecule has 0 atom stereocenters. The highest BCUT2D eigenvalue weighted by Crippen LogP contribution is 2.38. The molecule has 63 heavy (non-hydrogen) atoms. The molecule has 0 N–H and O–H groups in total. The van der Waals surface area contributed by atoms with Crippen molar-refractivity contribution in [1.82, 2.24) is 15.0 Å². The van der Waals surface area contributed by atoms with Crippen LogP contribution in [0, 0.1) is 0 Å². The van der Waals surface area contributed by atoms with Gasteiger partial charge in [0.1, 0.15) is 0 Å². The number of nitrogens with zero attached hydrogens (tertiary/aromatic N) is 3. The smallest absolute Gasteiger partial charge is 0.0708 e. The third-order valence-electron chi connectivity index (χ3n) is 12.9. The number of aryl methyl sites for hydroxylation is 2. The third-order valence-corrected chi connectivity index (χ3v) is 12.9. The van der Waals surface area contributed by atoms with Crippen molar-refractivity contribution in [1.29, 1.82) is 0 Å². The highest BCUT2D eigenvalue weighted by Gasteiger charge is 2.26. The van der Waals surface area contributed by atoms with Gasteiger partial charge >= 0.3 is 0 Å². The van der Waals surface area contributed by atoms with Crippen LogP contribution < -0.4 is 0 Å². The van der Waals surface area contributed by atoms with Crippen molar-refractivity contribution in [2.45, 2.75) is 95.7 Å². The first kappa shape index (κ1) is 37.1. The molecule has 5 aromatic carbocycles. The number of pyridine rings is 3. The lowest BCUT2D eigenvalue weighted by atomic mass is 9.77. The second kappa shape index (κ2) is 18.5. The summed E-state index contributed by atoms with van der Waals surface area (Å²) < 4.78 is 40.0.